The molecule has 0 saturated carbocycles. The molecule has 0 heterocycles. The third kappa shape index (κ3) is 10.7. The largest absolute Gasteiger partial charge is 0.432 e. The summed E-state index contributed by atoms with van der Waals surface area (Å²) in [6.45, 7) is 7.08. The Labute approximate surface area is 105 Å². The van der Waals surface area contributed by atoms with Gasteiger partial charge in [0.05, 0.1) is 0 Å². The summed E-state index contributed by atoms with van der Waals surface area (Å²) in [6, 6.07) is 1.02. The van der Waals surface area contributed by atoms with Crippen LogP contribution in [0.2, 0.25) is 6.04 Å². The summed E-state index contributed by atoms with van der Waals surface area (Å²) < 4.78 is 0. The lowest BCUT2D eigenvalue weighted by atomic mass is 9.83. The number of rotatable bonds is 11. The van der Waals surface area contributed by atoms with Crippen molar-refractivity contribution in [2.24, 2.45) is 5.41 Å². The van der Waals surface area contributed by atoms with E-state index in [2.05, 4.69) is 20.8 Å². The normalized spacial score (nSPS) is 12.0. The third-order valence-corrected chi connectivity index (χ3v) is 3.90. The predicted molar refractivity (Wildman–Crippen MR) is 73.8 cm³/mol. The quantitative estimate of drug-likeness (QED) is 0.415. The van der Waals surface area contributed by atoms with E-state index >= 15 is 0 Å². The molecular weight excluding hydrogens is 212 g/mol. The van der Waals surface area contributed by atoms with E-state index in [0.717, 1.165) is 6.04 Å². The van der Waals surface area contributed by atoms with E-state index in [9.17, 15) is 0 Å². The average Bonchev–Trinajstić information content (AvgIpc) is 2.22. The van der Waals surface area contributed by atoms with E-state index in [1.165, 1.54) is 57.8 Å². The Hall–Kier alpha value is 0.177. The van der Waals surface area contributed by atoms with Gasteiger partial charge in [-0.3, -0.25) is 0 Å². The minimum absolute atomic E-state index is 0.162. The minimum Gasteiger partial charge on any atom is -0.432 e. The molecule has 0 aliphatic carbocycles. The maximum atomic E-state index is 8.67. The molecule has 0 aromatic carbocycles. The van der Waals surface area contributed by atoms with Crippen LogP contribution in [0, 0.1) is 5.41 Å². The van der Waals surface area contributed by atoms with E-state index in [1.54, 1.807) is 0 Å². The fourth-order valence-corrected chi connectivity index (χ4v) is 2.72. The summed E-state index contributed by atoms with van der Waals surface area (Å²) in [7, 11) is 0.162. The van der Waals surface area contributed by atoms with Crippen LogP contribution in [0.25, 0.3) is 0 Å². The molecule has 1 nitrogen and oxygen atoms in total. The second kappa shape index (κ2) is 10.3. The van der Waals surface area contributed by atoms with Crippen LogP contribution in [0.3, 0.4) is 0 Å². The van der Waals surface area contributed by atoms with Crippen molar-refractivity contribution in [2.45, 2.75) is 84.6 Å². The maximum Gasteiger partial charge on any atom is 0.224 e. The highest BCUT2D eigenvalue weighted by Gasteiger charge is 2.15. The van der Waals surface area contributed by atoms with Crippen molar-refractivity contribution in [3.8, 4) is 0 Å². The molecule has 1 N–H and O–H groups in total. The minimum atomic E-state index is 0.162. The van der Waals surface area contributed by atoms with Crippen LogP contribution in [-0.2, 0) is 0 Å². The van der Waals surface area contributed by atoms with Crippen LogP contribution in [0.4, 0.5) is 0 Å². The van der Waals surface area contributed by atoms with Crippen LogP contribution in [-0.4, -0.2) is 14.6 Å². The molecule has 0 rings (SSSR count). The van der Waals surface area contributed by atoms with Gasteiger partial charge in [0.25, 0.3) is 0 Å². The molecule has 0 amide bonds. The molecule has 96 valence electrons. The van der Waals surface area contributed by atoms with Crippen LogP contribution >= 0.6 is 0 Å². The van der Waals surface area contributed by atoms with Gasteiger partial charge in [0.15, 0.2) is 0 Å². The van der Waals surface area contributed by atoms with Crippen LogP contribution in [0.1, 0.15) is 78.6 Å². The SMILES string of the molecule is CCCC(C)(C)CCCCCCCC[Si]O. The Morgan fingerprint density at radius 1 is 0.875 bits per heavy atom. The predicted octanol–water partition coefficient (Wildman–Crippen LogP) is 4.57. The lowest BCUT2D eigenvalue weighted by molar-refractivity contribution is 0.291. The molecule has 2 heteroatoms. The van der Waals surface area contributed by atoms with Gasteiger partial charge >= 0.3 is 0 Å². The molecule has 0 unspecified atom stereocenters. The highest BCUT2D eigenvalue weighted by Crippen LogP contribution is 2.29. The zero-order chi connectivity index (χ0) is 12.3. The van der Waals surface area contributed by atoms with Crippen molar-refractivity contribution in [1.29, 1.82) is 0 Å². The zero-order valence-corrected chi connectivity index (χ0v) is 12.5. The van der Waals surface area contributed by atoms with Gasteiger partial charge in [-0.1, -0.05) is 65.7 Å². The molecular formula is C14H30OSi. The van der Waals surface area contributed by atoms with Gasteiger partial charge < -0.3 is 4.80 Å². The average molecular weight is 242 g/mol. The first-order chi connectivity index (χ1) is 7.62. The highest BCUT2D eigenvalue weighted by molar-refractivity contribution is 6.25. The van der Waals surface area contributed by atoms with Crippen LogP contribution < -0.4 is 0 Å². The van der Waals surface area contributed by atoms with Crippen molar-refractivity contribution in [3.05, 3.63) is 0 Å². The van der Waals surface area contributed by atoms with Gasteiger partial charge in [0, 0.05) is 0 Å². The number of hydrogen-bond donors (Lipinski definition) is 1. The molecule has 0 aliphatic rings. The van der Waals surface area contributed by atoms with Gasteiger partial charge in [-0.05, 0) is 24.3 Å². The fraction of sp³-hybridized carbons (Fsp3) is 1.00. The summed E-state index contributed by atoms with van der Waals surface area (Å²) in [5.74, 6) is 0. The lowest BCUT2D eigenvalue weighted by Crippen LogP contribution is -2.10. The van der Waals surface area contributed by atoms with E-state index in [-0.39, 0.29) is 9.76 Å². The van der Waals surface area contributed by atoms with Crippen molar-refractivity contribution >= 4 is 9.76 Å². The van der Waals surface area contributed by atoms with E-state index in [0.29, 0.717) is 5.41 Å². The molecule has 0 aromatic rings. The van der Waals surface area contributed by atoms with Gasteiger partial charge in [0.2, 0.25) is 9.76 Å². The molecule has 0 bridgehead atoms. The Bertz CT molecular complexity index is 146. The first-order valence-electron chi connectivity index (χ1n) is 6.99. The van der Waals surface area contributed by atoms with E-state index in [1.807, 2.05) is 0 Å². The van der Waals surface area contributed by atoms with Crippen LogP contribution in [0.5, 0.6) is 0 Å². The molecule has 0 spiro atoms. The molecule has 0 saturated heterocycles. The van der Waals surface area contributed by atoms with Crippen molar-refractivity contribution < 1.29 is 4.80 Å². The molecule has 0 aromatic heterocycles. The van der Waals surface area contributed by atoms with E-state index in [4.69, 9.17) is 4.80 Å². The molecule has 16 heavy (non-hydrogen) atoms. The smallest absolute Gasteiger partial charge is 0.224 e. The Kier molecular flexibility index (Phi) is 10.5. The topological polar surface area (TPSA) is 20.2 Å². The van der Waals surface area contributed by atoms with Crippen molar-refractivity contribution in [3.63, 3.8) is 0 Å². The second-order valence-corrected chi connectivity index (χ2v) is 6.51. The monoisotopic (exact) mass is 242 g/mol. The summed E-state index contributed by atoms with van der Waals surface area (Å²) >= 11 is 0. The van der Waals surface area contributed by atoms with E-state index < -0.39 is 0 Å². The summed E-state index contributed by atoms with van der Waals surface area (Å²) in [5.41, 5.74) is 0.562. The highest BCUT2D eigenvalue weighted by atomic mass is 28.2. The fourth-order valence-electron chi connectivity index (χ4n) is 2.32. The number of unbranched alkanes of at least 4 members (excludes halogenated alkanes) is 5. The zero-order valence-electron chi connectivity index (χ0n) is 11.5. The molecule has 0 atom stereocenters. The molecule has 0 aliphatic heterocycles. The molecule has 2 radical (unpaired) electrons. The summed E-state index contributed by atoms with van der Waals surface area (Å²) in [6.07, 6.45) is 12.1. The lowest BCUT2D eigenvalue weighted by Gasteiger charge is -2.23. The Morgan fingerprint density at radius 2 is 1.44 bits per heavy atom. The van der Waals surface area contributed by atoms with Crippen molar-refractivity contribution in [1.82, 2.24) is 0 Å². The van der Waals surface area contributed by atoms with Crippen molar-refractivity contribution in [2.75, 3.05) is 0 Å². The third-order valence-electron chi connectivity index (χ3n) is 3.32. The van der Waals surface area contributed by atoms with Gasteiger partial charge in [-0.2, -0.15) is 0 Å². The first kappa shape index (κ1) is 16.2. The van der Waals surface area contributed by atoms with Gasteiger partial charge in [0.1, 0.15) is 0 Å². The Balaban J connectivity index is 3.20. The number of hydrogen-bond acceptors (Lipinski definition) is 1. The molecule has 0 fully saturated rings. The van der Waals surface area contributed by atoms with Crippen LogP contribution in [0.15, 0.2) is 0 Å². The Morgan fingerprint density at radius 3 is 2.00 bits per heavy atom. The van der Waals surface area contributed by atoms with Gasteiger partial charge in [-0.25, -0.2) is 0 Å². The van der Waals surface area contributed by atoms with Gasteiger partial charge in [-0.15, -0.1) is 0 Å². The standard InChI is InChI=1S/C14H30OSi/c1-4-11-14(2,3)12-9-7-5-6-8-10-13-16-15/h15H,4-13H2,1-3H3. The first-order valence-corrected chi connectivity index (χ1v) is 8.15. The summed E-state index contributed by atoms with van der Waals surface area (Å²) in [5, 5.41) is 0. The summed E-state index contributed by atoms with van der Waals surface area (Å²) in [4.78, 5) is 8.67. The second-order valence-electron chi connectivity index (χ2n) is 5.69. The maximum absolute atomic E-state index is 8.67.